The molecule has 0 amide bonds. The van der Waals surface area contributed by atoms with Gasteiger partial charge in [-0.2, -0.15) is 0 Å². The fourth-order valence-electron chi connectivity index (χ4n) is 3.93. The molecule has 1 unspecified atom stereocenters. The molecule has 2 nitrogen and oxygen atoms in total. The number of allylic oxidation sites excluding steroid dienone is 3. The molecule has 1 atom stereocenters. The van der Waals surface area contributed by atoms with Gasteiger partial charge in [0.05, 0.1) is 6.04 Å². The number of rotatable bonds is 2. The van der Waals surface area contributed by atoms with Gasteiger partial charge in [-0.05, 0) is 34.6 Å². The fourth-order valence-corrected chi connectivity index (χ4v) is 3.93. The number of dihydropyridines is 1. The topological polar surface area (TPSA) is 29.1 Å². The molecule has 0 spiro atoms. The van der Waals surface area contributed by atoms with E-state index in [9.17, 15) is 4.79 Å². The van der Waals surface area contributed by atoms with Crippen LogP contribution in [0, 0.1) is 5.41 Å². The van der Waals surface area contributed by atoms with Gasteiger partial charge in [0, 0.05) is 17.7 Å². The van der Waals surface area contributed by atoms with Crippen LogP contribution in [0.4, 0.5) is 0 Å². The molecule has 1 aliphatic heterocycles. The summed E-state index contributed by atoms with van der Waals surface area (Å²) in [5.74, 6) is 0.250. The Morgan fingerprint density at radius 2 is 1.56 bits per heavy atom. The highest BCUT2D eigenvalue weighted by Crippen LogP contribution is 2.44. The molecule has 1 N–H and O–H groups in total. The summed E-state index contributed by atoms with van der Waals surface area (Å²) in [5, 5.41) is 3.64. The second kappa shape index (κ2) is 6.03. The zero-order valence-electron chi connectivity index (χ0n) is 14.8. The van der Waals surface area contributed by atoms with E-state index < -0.39 is 0 Å². The molecule has 0 saturated heterocycles. The Bertz CT molecular complexity index is 859. The van der Waals surface area contributed by atoms with E-state index in [-0.39, 0.29) is 17.2 Å². The summed E-state index contributed by atoms with van der Waals surface area (Å²) < 4.78 is 0. The highest BCUT2D eigenvalue weighted by atomic mass is 16.1. The second-order valence-electron chi connectivity index (χ2n) is 7.77. The molecule has 2 heteroatoms. The van der Waals surface area contributed by atoms with Gasteiger partial charge in [0.25, 0.3) is 0 Å². The van der Waals surface area contributed by atoms with Crippen LogP contribution in [0.5, 0.6) is 0 Å². The van der Waals surface area contributed by atoms with Crippen molar-refractivity contribution in [3.05, 3.63) is 89.1 Å². The standard InChI is InChI=1S/C23H23NO/c1-23(2)14-20-22(21(25)15-23)18(16-9-5-3-6-10-16)13-19(24-20)17-11-7-4-8-12-17/h3-13,19,24H,14-15H2,1-2H3. The smallest absolute Gasteiger partial charge is 0.165 e. The van der Waals surface area contributed by atoms with Crippen molar-refractivity contribution in [3.8, 4) is 0 Å². The summed E-state index contributed by atoms with van der Waals surface area (Å²) >= 11 is 0. The number of carbonyl (C=O) groups excluding carboxylic acids is 1. The van der Waals surface area contributed by atoms with E-state index in [1.165, 1.54) is 5.56 Å². The maximum absolute atomic E-state index is 12.9. The number of hydrogen-bond acceptors (Lipinski definition) is 2. The first-order chi connectivity index (χ1) is 12.0. The predicted octanol–water partition coefficient (Wildman–Crippen LogP) is 5.06. The zero-order chi connectivity index (χ0) is 17.4. The molecule has 0 bridgehead atoms. The van der Waals surface area contributed by atoms with Crippen LogP contribution in [0.1, 0.15) is 43.9 Å². The van der Waals surface area contributed by atoms with E-state index in [1.807, 2.05) is 24.3 Å². The van der Waals surface area contributed by atoms with Crippen molar-refractivity contribution < 1.29 is 4.79 Å². The van der Waals surface area contributed by atoms with Crippen molar-refractivity contribution in [3.63, 3.8) is 0 Å². The number of hydrogen-bond donors (Lipinski definition) is 1. The lowest BCUT2D eigenvalue weighted by Crippen LogP contribution is -2.35. The minimum atomic E-state index is 0.00327. The average molecular weight is 329 g/mol. The molecule has 2 aromatic carbocycles. The monoisotopic (exact) mass is 329 g/mol. The highest BCUT2D eigenvalue weighted by Gasteiger charge is 2.37. The zero-order valence-corrected chi connectivity index (χ0v) is 14.8. The average Bonchev–Trinajstić information content (AvgIpc) is 2.61. The number of nitrogens with one attached hydrogen (secondary N) is 1. The fraction of sp³-hybridized carbons (Fsp3) is 0.261. The van der Waals surface area contributed by atoms with E-state index in [1.54, 1.807) is 0 Å². The van der Waals surface area contributed by atoms with E-state index in [4.69, 9.17) is 0 Å². The largest absolute Gasteiger partial charge is 0.377 e. The molecule has 1 aliphatic carbocycles. The first kappa shape index (κ1) is 15.9. The number of Topliss-reactive ketones (excluding diaryl/α,β-unsaturated/α-hetero) is 1. The molecular formula is C23H23NO. The summed E-state index contributed by atoms with van der Waals surface area (Å²) in [5.41, 5.74) is 5.39. The maximum atomic E-state index is 12.9. The van der Waals surface area contributed by atoms with Crippen molar-refractivity contribution in [1.29, 1.82) is 0 Å². The van der Waals surface area contributed by atoms with Crippen molar-refractivity contribution >= 4 is 11.4 Å². The molecule has 0 saturated carbocycles. The van der Waals surface area contributed by atoms with Gasteiger partial charge in [-0.15, -0.1) is 0 Å². The quantitative estimate of drug-likeness (QED) is 0.834. The van der Waals surface area contributed by atoms with Crippen LogP contribution >= 0.6 is 0 Å². The molecule has 1 heterocycles. The lowest BCUT2D eigenvalue weighted by atomic mass is 9.72. The molecule has 0 aromatic heterocycles. The van der Waals surface area contributed by atoms with Gasteiger partial charge in [-0.25, -0.2) is 0 Å². The Morgan fingerprint density at radius 3 is 2.24 bits per heavy atom. The summed E-state index contributed by atoms with van der Waals surface area (Å²) in [6, 6.07) is 20.8. The van der Waals surface area contributed by atoms with Crippen LogP contribution in [0.15, 0.2) is 78.0 Å². The van der Waals surface area contributed by atoms with Gasteiger partial charge >= 0.3 is 0 Å². The van der Waals surface area contributed by atoms with Gasteiger partial charge in [0.2, 0.25) is 0 Å². The van der Waals surface area contributed by atoms with Crippen molar-refractivity contribution in [2.24, 2.45) is 5.41 Å². The third kappa shape index (κ3) is 3.05. The number of carbonyl (C=O) groups is 1. The summed E-state index contributed by atoms with van der Waals surface area (Å²) in [6.45, 7) is 4.35. The van der Waals surface area contributed by atoms with Gasteiger partial charge in [-0.3, -0.25) is 4.79 Å². The van der Waals surface area contributed by atoms with Crippen LogP contribution in [-0.2, 0) is 4.79 Å². The van der Waals surface area contributed by atoms with Crippen molar-refractivity contribution in [2.45, 2.75) is 32.7 Å². The molecular weight excluding hydrogens is 306 g/mol. The second-order valence-corrected chi connectivity index (χ2v) is 7.77. The van der Waals surface area contributed by atoms with E-state index >= 15 is 0 Å². The highest BCUT2D eigenvalue weighted by molar-refractivity contribution is 6.12. The maximum Gasteiger partial charge on any atom is 0.165 e. The Labute approximate surface area is 149 Å². The number of ketones is 1. The van der Waals surface area contributed by atoms with E-state index in [2.05, 4.69) is 61.6 Å². The van der Waals surface area contributed by atoms with Gasteiger partial charge in [0.15, 0.2) is 5.78 Å². The summed E-state index contributed by atoms with van der Waals surface area (Å²) in [6.07, 6.45) is 3.72. The SMILES string of the molecule is CC1(C)CC(=O)C2=C(C1)NC(c1ccccc1)C=C2c1ccccc1. The van der Waals surface area contributed by atoms with E-state index in [0.717, 1.165) is 28.8 Å². The molecule has 4 rings (SSSR count). The van der Waals surface area contributed by atoms with Crippen LogP contribution in [0.3, 0.4) is 0 Å². The third-order valence-corrected chi connectivity index (χ3v) is 5.05. The van der Waals surface area contributed by atoms with Crippen LogP contribution in [0.2, 0.25) is 0 Å². The van der Waals surface area contributed by atoms with Crippen LogP contribution in [-0.4, -0.2) is 5.78 Å². The molecule has 25 heavy (non-hydrogen) atoms. The first-order valence-corrected chi connectivity index (χ1v) is 8.89. The van der Waals surface area contributed by atoms with Gasteiger partial charge in [0.1, 0.15) is 0 Å². The normalized spacial score (nSPS) is 22.1. The molecule has 2 aliphatic rings. The molecule has 0 radical (unpaired) electrons. The third-order valence-electron chi connectivity index (χ3n) is 5.05. The Hall–Kier alpha value is -2.61. The minimum Gasteiger partial charge on any atom is -0.377 e. The minimum absolute atomic E-state index is 0.00327. The van der Waals surface area contributed by atoms with Gasteiger partial charge < -0.3 is 5.32 Å². The van der Waals surface area contributed by atoms with Gasteiger partial charge in [-0.1, -0.05) is 74.5 Å². The van der Waals surface area contributed by atoms with Crippen molar-refractivity contribution in [1.82, 2.24) is 5.32 Å². The predicted molar refractivity (Wildman–Crippen MR) is 102 cm³/mol. The first-order valence-electron chi connectivity index (χ1n) is 8.89. The molecule has 126 valence electrons. The Balaban J connectivity index is 1.85. The van der Waals surface area contributed by atoms with Crippen LogP contribution in [0.25, 0.3) is 5.57 Å². The Kier molecular flexibility index (Phi) is 3.84. The number of benzene rings is 2. The molecule has 0 fully saturated rings. The van der Waals surface area contributed by atoms with Crippen molar-refractivity contribution in [2.75, 3.05) is 0 Å². The lowest BCUT2D eigenvalue weighted by molar-refractivity contribution is -0.117. The summed E-state index contributed by atoms with van der Waals surface area (Å²) in [4.78, 5) is 12.9. The van der Waals surface area contributed by atoms with Crippen LogP contribution < -0.4 is 5.32 Å². The summed E-state index contributed by atoms with van der Waals surface area (Å²) in [7, 11) is 0. The Morgan fingerprint density at radius 1 is 0.920 bits per heavy atom. The molecule has 2 aromatic rings. The van der Waals surface area contributed by atoms with E-state index in [0.29, 0.717) is 6.42 Å². The lowest BCUT2D eigenvalue weighted by Gasteiger charge is -2.38.